The maximum absolute atomic E-state index is 15.1. The predicted octanol–water partition coefficient (Wildman–Crippen LogP) is 4.26. The molecule has 0 saturated carbocycles. The van der Waals surface area contributed by atoms with E-state index in [2.05, 4.69) is 17.1 Å². The van der Waals surface area contributed by atoms with Gasteiger partial charge in [-0.3, -0.25) is 0 Å². The molecule has 1 heterocycles. The number of aliphatic imine (C=N–C) groups is 1. The summed E-state index contributed by atoms with van der Waals surface area (Å²) >= 11 is 0. The van der Waals surface area contributed by atoms with E-state index in [1.54, 1.807) is 0 Å². The smallest absolute Gasteiger partial charge is 0.217 e. The molecule has 0 N–H and O–H groups in total. The molecule has 0 spiro atoms. The van der Waals surface area contributed by atoms with Crippen molar-refractivity contribution in [1.82, 2.24) is 0 Å². The summed E-state index contributed by atoms with van der Waals surface area (Å²) in [6, 6.07) is 31.7. The monoisotopic (exact) mass is 397 g/mol. The average molecular weight is 397 g/mol. The first-order valence-corrected chi connectivity index (χ1v) is 11.4. The van der Waals surface area contributed by atoms with Crippen molar-refractivity contribution in [1.29, 1.82) is 0 Å². The van der Waals surface area contributed by atoms with Crippen LogP contribution >= 0.6 is 7.14 Å². The summed E-state index contributed by atoms with van der Waals surface area (Å²) in [5, 5.41) is 4.50. The van der Waals surface area contributed by atoms with E-state index >= 15 is 4.57 Å². The van der Waals surface area contributed by atoms with Crippen LogP contribution in [0.5, 0.6) is 0 Å². The molecule has 1 aliphatic rings. The van der Waals surface area contributed by atoms with Crippen LogP contribution in [0.2, 0.25) is 0 Å². The van der Waals surface area contributed by atoms with Gasteiger partial charge in [-0.15, -0.1) is 0 Å². The van der Waals surface area contributed by atoms with E-state index in [1.807, 2.05) is 84.9 Å². The first-order chi connectivity index (χ1) is 14.3. The molecule has 0 saturated heterocycles. The highest BCUT2D eigenvalue weighted by Gasteiger charge is 2.34. The first kappa shape index (κ1) is 17.9. The SMILES string of the molecule is O=[P@@](c1ccccc1)(c1ccccc1C1=NCCO1)c1cccc2ccccc12. The van der Waals surface area contributed by atoms with Gasteiger partial charge in [-0.05, 0) is 16.8 Å². The molecular formula is C25H20NO2P. The highest BCUT2D eigenvalue weighted by Crippen LogP contribution is 2.45. The molecule has 4 aromatic rings. The summed E-state index contributed by atoms with van der Waals surface area (Å²) < 4.78 is 20.9. The summed E-state index contributed by atoms with van der Waals surface area (Å²) in [5.74, 6) is 0.581. The lowest BCUT2D eigenvalue weighted by Gasteiger charge is -2.24. The van der Waals surface area contributed by atoms with E-state index in [-0.39, 0.29) is 0 Å². The number of rotatable bonds is 4. The Kier molecular flexibility index (Phi) is 4.54. The highest BCUT2D eigenvalue weighted by atomic mass is 31.2. The van der Waals surface area contributed by atoms with Crippen LogP contribution in [0.15, 0.2) is 102 Å². The van der Waals surface area contributed by atoms with Crippen LogP contribution in [0.3, 0.4) is 0 Å². The summed E-state index contributed by atoms with van der Waals surface area (Å²) in [4.78, 5) is 4.50. The van der Waals surface area contributed by atoms with Crippen molar-refractivity contribution < 1.29 is 9.30 Å². The van der Waals surface area contributed by atoms with Crippen LogP contribution in [0.4, 0.5) is 0 Å². The Balaban J connectivity index is 1.86. The third-order valence-corrected chi connectivity index (χ3v) is 8.45. The lowest BCUT2D eigenvalue weighted by molar-refractivity contribution is 0.348. The summed E-state index contributed by atoms with van der Waals surface area (Å²) in [7, 11) is -3.17. The third-order valence-electron chi connectivity index (χ3n) is 5.28. The fourth-order valence-electron chi connectivity index (χ4n) is 3.96. The Bertz CT molecular complexity index is 1260. The molecule has 4 aromatic carbocycles. The number of hydrogen-bond donors (Lipinski definition) is 0. The van der Waals surface area contributed by atoms with Crippen molar-refractivity contribution in [3.05, 3.63) is 103 Å². The van der Waals surface area contributed by atoms with Gasteiger partial charge < -0.3 is 9.30 Å². The largest absolute Gasteiger partial charge is 0.475 e. The minimum Gasteiger partial charge on any atom is -0.475 e. The summed E-state index contributed by atoms with van der Waals surface area (Å²) in [6.07, 6.45) is 0. The van der Waals surface area contributed by atoms with Crippen molar-refractivity contribution >= 4 is 39.7 Å². The summed E-state index contributed by atoms with van der Waals surface area (Å²) in [5.41, 5.74) is 0.810. The van der Waals surface area contributed by atoms with Crippen molar-refractivity contribution in [2.45, 2.75) is 0 Å². The molecule has 0 bridgehead atoms. The van der Waals surface area contributed by atoms with E-state index in [1.165, 1.54) is 0 Å². The maximum atomic E-state index is 15.1. The minimum absolute atomic E-state index is 0.563. The van der Waals surface area contributed by atoms with Crippen LogP contribution in [-0.4, -0.2) is 19.0 Å². The molecule has 4 heteroatoms. The van der Waals surface area contributed by atoms with Crippen molar-refractivity contribution in [2.24, 2.45) is 4.99 Å². The number of benzene rings is 4. The zero-order chi connectivity index (χ0) is 19.7. The van der Waals surface area contributed by atoms with E-state index < -0.39 is 7.14 Å². The fraction of sp³-hybridized carbons (Fsp3) is 0.0800. The molecule has 0 aliphatic carbocycles. The quantitative estimate of drug-likeness (QED) is 0.483. The van der Waals surface area contributed by atoms with Gasteiger partial charge in [-0.1, -0.05) is 91.0 Å². The van der Waals surface area contributed by atoms with Gasteiger partial charge in [0.2, 0.25) is 5.90 Å². The molecule has 0 unspecified atom stereocenters. The van der Waals surface area contributed by atoms with Crippen molar-refractivity contribution in [3.8, 4) is 0 Å². The standard InChI is InChI=1S/C25H20NO2P/c27-29(20-11-2-1-3-12-20,23-16-8-10-19-9-4-5-13-21(19)23)24-15-7-6-14-22(24)25-26-17-18-28-25/h1-16H,17-18H2/t29-/m1/s1. The second-order valence-corrected chi connectivity index (χ2v) is 9.69. The van der Waals surface area contributed by atoms with Gasteiger partial charge in [0, 0.05) is 21.5 Å². The number of hydrogen-bond acceptors (Lipinski definition) is 3. The molecule has 0 aromatic heterocycles. The van der Waals surface area contributed by atoms with Crippen molar-refractivity contribution in [2.75, 3.05) is 13.2 Å². The second-order valence-electron chi connectivity index (χ2n) is 7.00. The van der Waals surface area contributed by atoms with Gasteiger partial charge >= 0.3 is 0 Å². The van der Waals surface area contributed by atoms with Gasteiger partial charge in [0.25, 0.3) is 0 Å². The lowest BCUT2D eigenvalue weighted by atomic mass is 10.1. The second kappa shape index (κ2) is 7.35. The number of ether oxygens (including phenoxy) is 1. The fourth-order valence-corrected chi connectivity index (χ4v) is 7.01. The number of nitrogens with zero attached hydrogens (tertiary/aromatic N) is 1. The predicted molar refractivity (Wildman–Crippen MR) is 121 cm³/mol. The molecule has 0 radical (unpaired) electrons. The Morgan fingerprint density at radius 1 is 0.724 bits per heavy atom. The Labute approximate surface area is 170 Å². The van der Waals surface area contributed by atoms with Crippen LogP contribution in [-0.2, 0) is 9.30 Å². The molecule has 142 valence electrons. The topological polar surface area (TPSA) is 38.7 Å². The molecule has 5 rings (SSSR count). The molecular weight excluding hydrogens is 377 g/mol. The van der Waals surface area contributed by atoms with Gasteiger partial charge in [0.15, 0.2) is 7.14 Å². The Morgan fingerprint density at radius 3 is 2.24 bits per heavy atom. The van der Waals surface area contributed by atoms with Crippen LogP contribution < -0.4 is 15.9 Å². The highest BCUT2D eigenvalue weighted by molar-refractivity contribution is 7.85. The van der Waals surface area contributed by atoms with E-state index in [0.29, 0.717) is 19.0 Å². The zero-order valence-corrected chi connectivity index (χ0v) is 16.8. The minimum atomic E-state index is -3.17. The third kappa shape index (κ3) is 2.99. The van der Waals surface area contributed by atoms with Crippen molar-refractivity contribution in [3.63, 3.8) is 0 Å². The molecule has 1 aliphatic heterocycles. The van der Waals surface area contributed by atoms with Crippen LogP contribution in [0.25, 0.3) is 10.8 Å². The van der Waals surface area contributed by atoms with Gasteiger partial charge in [0.1, 0.15) is 6.61 Å². The molecule has 29 heavy (non-hydrogen) atoms. The lowest BCUT2D eigenvalue weighted by Crippen LogP contribution is -2.29. The molecule has 3 nitrogen and oxygen atoms in total. The van der Waals surface area contributed by atoms with E-state index in [4.69, 9.17) is 4.74 Å². The normalized spacial score (nSPS) is 15.5. The Morgan fingerprint density at radius 2 is 1.41 bits per heavy atom. The van der Waals surface area contributed by atoms with Gasteiger partial charge in [-0.2, -0.15) is 0 Å². The Hall–Kier alpha value is -3.16. The summed E-state index contributed by atoms with van der Waals surface area (Å²) in [6.45, 7) is 1.20. The average Bonchev–Trinajstić information content (AvgIpc) is 3.34. The van der Waals surface area contributed by atoms with Gasteiger partial charge in [0.05, 0.1) is 6.54 Å². The molecule has 0 fully saturated rings. The van der Waals surface area contributed by atoms with Crippen LogP contribution in [0.1, 0.15) is 5.56 Å². The first-order valence-electron chi connectivity index (χ1n) is 9.70. The van der Waals surface area contributed by atoms with E-state index in [9.17, 15) is 0 Å². The molecule has 0 amide bonds. The maximum Gasteiger partial charge on any atom is 0.217 e. The van der Waals surface area contributed by atoms with Gasteiger partial charge in [-0.25, -0.2) is 4.99 Å². The molecule has 1 atom stereocenters. The zero-order valence-electron chi connectivity index (χ0n) is 15.9. The van der Waals surface area contributed by atoms with Crippen LogP contribution in [0, 0.1) is 0 Å². The van der Waals surface area contributed by atoms with E-state index in [0.717, 1.165) is 32.2 Å². The number of fused-ring (bicyclic) bond motifs is 1.